The summed E-state index contributed by atoms with van der Waals surface area (Å²) >= 11 is 0. The lowest BCUT2D eigenvalue weighted by molar-refractivity contribution is -0.978. The van der Waals surface area contributed by atoms with E-state index in [9.17, 15) is 60.7 Å². The molecule has 31 heavy (non-hydrogen) atoms. The topological polar surface area (TPSA) is 287 Å². The Morgan fingerprint density at radius 1 is 0.581 bits per heavy atom. The Bertz CT molecular complexity index is 693. The zero-order valence-electron chi connectivity index (χ0n) is 14.9. The molecule has 21 nitrogen and oxygen atoms in total. The van der Waals surface area contributed by atoms with Crippen molar-refractivity contribution in [3.63, 3.8) is 0 Å². The van der Waals surface area contributed by atoms with Crippen LogP contribution < -0.4 is 0 Å². The van der Waals surface area contributed by atoms with Crippen molar-refractivity contribution in [1.82, 2.24) is 0 Å². The lowest BCUT2D eigenvalue weighted by Gasteiger charge is -2.17. The molecule has 0 N–H and O–H groups in total. The van der Waals surface area contributed by atoms with Gasteiger partial charge in [0.15, 0.2) is 42.1 Å². The minimum atomic E-state index is -3.82. The maximum Gasteiger partial charge on any atom is 0.705 e. The summed E-state index contributed by atoms with van der Waals surface area (Å²) in [5.74, 6) is -11.4. The average Bonchev–Trinajstić information content (AvgIpc) is 3.25. The van der Waals surface area contributed by atoms with Crippen LogP contribution in [0.2, 0.25) is 0 Å². The molecular weight excluding hydrogens is 444 g/mol. The van der Waals surface area contributed by atoms with E-state index in [1.807, 2.05) is 0 Å². The van der Waals surface area contributed by atoms with E-state index in [2.05, 4.69) is 0 Å². The first-order valence-corrected chi connectivity index (χ1v) is 8.08. The molecule has 0 amide bonds. The summed E-state index contributed by atoms with van der Waals surface area (Å²) < 4.78 is 15.0. The number of nitrogens with zero attached hydrogens (tertiary/aromatic N) is 6. The Kier molecular flexibility index (Phi) is 6.23. The van der Waals surface area contributed by atoms with Crippen molar-refractivity contribution in [3.05, 3.63) is 60.7 Å². The van der Waals surface area contributed by atoms with Gasteiger partial charge in [0.1, 0.15) is 0 Å². The van der Waals surface area contributed by atoms with Gasteiger partial charge in [0.05, 0.1) is 13.2 Å². The quantitative estimate of drug-likeness (QED) is 0.209. The normalized spacial score (nSPS) is 26.3. The molecule has 0 aromatic heterocycles. The molecule has 4 atom stereocenters. The highest BCUT2D eigenvalue weighted by atomic mass is 16.8. The van der Waals surface area contributed by atoms with Crippen molar-refractivity contribution in [2.75, 3.05) is 13.2 Å². The fourth-order valence-corrected chi connectivity index (χ4v) is 3.38. The van der Waals surface area contributed by atoms with Crippen molar-refractivity contribution in [2.45, 2.75) is 37.0 Å². The second-order valence-electron chi connectivity index (χ2n) is 6.44. The van der Waals surface area contributed by atoms with E-state index in [0.29, 0.717) is 0 Å². The molecule has 0 saturated carbocycles. The van der Waals surface area contributed by atoms with Gasteiger partial charge in [-0.2, -0.15) is 0 Å². The zero-order valence-corrected chi connectivity index (χ0v) is 14.9. The molecule has 2 heterocycles. The molecular formula is C10H12N6O15. The van der Waals surface area contributed by atoms with Gasteiger partial charge in [-0.05, 0) is 0 Å². The van der Waals surface area contributed by atoms with Crippen molar-refractivity contribution >= 4 is 0 Å². The van der Waals surface area contributed by atoms with E-state index in [1.165, 1.54) is 0 Å². The van der Waals surface area contributed by atoms with Crippen LogP contribution in [0.25, 0.3) is 0 Å². The Hall–Kier alpha value is -3.72. The minimum Gasteiger partial charge on any atom is -0.351 e. The van der Waals surface area contributed by atoms with Crippen LogP contribution in [0.1, 0.15) is 12.8 Å². The van der Waals surface area contributed by atoms with Crippen LogP contribution in [-0.2, 0) is 14.2 Å². The summed E-state index contributed by atoms with van der Waals surface area (Å²) in [6.07, 6.45) is -4.58. The second kappa shape index (κ2) is 8.19. The third-order valence-electron chi connectivity index (χ3n) is 4.93. The van der Waals surface area contributed by atoms with Crippen molar-refractivity contribution in [1.29, 1.82) is 0 Å². The van der Waals surface area contributed by atoms with Crippen molar-refractivity contribution in [3.8, 4) is 0 Å². The summed E-state index contributed by atoms with van der Waals surface area (Å²) in [4.78, 5) is 56.4. The van der Waals surface area contributed by atoms with E-state index in [4.69, 9.17) is 14.2 Å². The Balaban J connectivity index is 2.13. The molecule has 0 aliphatic carbocycles. The molecule has 172 valence electrons. The fraction of sp³-hybridized carbons (Fsp3) is 1.00. The molecule has 2 aliphatic heterocycles. The van der Waals surface area contributed by atoms with Crippen LogP contribution in [0.15, 0.2) is 0 Å². The predicted molar refractivity (Wildman–Crippen MR) is 84.2 cm³/mol. The van der Waals surface area contributed by atoms with Gasteiger partial charge in [-0.25, -0.2) is 0 Å². The number of hydrogen-bond acceptors (Lipinski definition) is 15. The van der Waals surface area contributed by atoms with E-state index < -0.39 is 91.6 Å². The van der Waals surface area contributed by atoms with Crippen LogP contribution in [0, 0.1) is 72.5 Å². The summed E-state index contributed by atoms with van der Waals surface area (Å²) in [7, 11) is 0. The van der Waals surface area contributed by atoms with Crippen LogP contribution in [0.5, 0.6) is 0 Å². The number of nitro groups is 6. The maximum absolute atomic E-state index is 11.1. The van der Waals surface area contributed by atoms with Crippen LogP contribution in [0.4, 0.5) is 0 Å². The van der Waals surface area contributed by atoms with Gasteiger partial charge in [0, 0.05) is 12.8 Å². The lowest BCUT2D eigenvalue weighted by atomic mass is 9.99. The van der Waals surface area contributed by atoms with Gasteiger partial charge in [-0.1, -0.05) is 0 Å². The molecule has 21 heteroatoms. The van der Waals surface area contributed by atoms with E-state index >= 15 is 0 Å². The fourth-order valence-electron chi connectivity index (χ4n) is 3.38. The molecule has 0 bridgehead atoms. The maximum atomic E-state index is 11.1. The molecule has 2 fully saturated rings. The predicted octanol–water partition coefficient (Wildman–Crippen LogP) is -1.30. The molecule has 2 aliphatic rings. The Labute approximate surface area is 167 Å². The third-order valence-corrected chi connectivity index (χ3v) is 4.93. The molecule has 0 aromatic rings. The standard InChI is InChI=1S/C10H12N6O15/c17-11(18)9(12(19)20,13(21)22)5-1-7(29-3-5)31-8-2-6(4-30-8)10(14(23)24,15(25)26)16(27)28/h5-8H,1-4H2. The molecule has 2 saturated heterocycles. The van der Waals surface area contributed by atoms with Gasteiger partial charge < -0.3 is 14.2 Å². The summed E-state index contributed by atoms with van der Waals surface area (Å²) in [5, 5.41) is 66.6. The molecule has 0 radical (unpaired) electrons. The highest BCUT2D eigenvalue weighted by molar-refractivity contribution is 4.79. The highest BCUT2D eigenvalue weighted by Crippen LogP contribution is 2.37. The monoisotopic (exact) mass is 456 g/mol. The number of rotatable bonds is 10. The Morgan fingerprint density at radius 3 is 1.06 bits per heavy atom. The van der Waals surface area contributed by atoms with Gasteiger partial charge >= 0.3 is 11.6 Å². The Morgan fingerprint density at radius 2 is 0.839 bits per heavy atom. The van der Waals surface area contributed by atoms with Gasteiger partial charge in [0.2, 0.25) is 11.8 Å². The van der Waals surface area contributed by atoms with Crippen molar-refractivity contribution in [2.24, 2.45) is 11.8 Å². The second-order valence-corrected chi connectivity index (χ2v) is 6.44. The average molecular weight is 456 g/mol. The molecule has 4 unspecified atom stereocenters. The molecule has 0 aromatic carbocycles. The molecule has 2 rings (SSSR count). The van der Waals surface area contributed by atoms with Crippen LogP contribution in [-0.4, -0.2) is 66.9 Å². The summed E-state index contributed by atoms with van der Waals surface area (Å²) in [6.45, 7) is -1.68. The first-order chi connectivity index (χ1) is 14.3. The van der Waals surface area contributed by atoms with E-state index in [1.54, 1.807) is 0 Å². The van der Waals surface area contributed by atoms with Gasteiger partial charge in [-0.3, -0.25) is 60.7 Å². The zero-order chi connectivity index (χ0) is 23.7. The summed E-state index contributed by atoms with van der Waals surface area (Å²) in [6, 6.07) is 0. The first-order valence-electron chi connectivity index (χ1n) is 8.08. The smallest absolute Gasteiger partial charge is 0.351 e. The van der Waals surface area contributed by atoms with Gasteiger partial charge in [-0.15, -0.1) is 0 Å². The largest absolute Gasteiger partial charge is 0.705 e. The number of ether oxygens (including phenoxy) is 3. The minimum absolute atomic E-state index is 0.738. The van der Waals surface area contributed by atoms with Crippen LogP contribution in [0.3, 0.4) is 0 Å². The van der Waals surface area contributed by atoms with E-state index in [0.717, 1.165) is 0 Å². The first kappa shape index (κ1) is 23.6. The van der Waals surface area contributed by atoms with Crippen molar-refractivity contribution < 1.29 is 43.8 Å². The third kappa shape index (κ3) is 3.53. The number of hydrogen-bond donors (Lipinski definition) is 0. The highest BCUT2D eigenvalue weighted by Gasteiger charge is 2.79. The van der Waals surface area contributed by atoms with Crippen LogP contribution >= 0.6 is 0 Å². The van der Waals surface area contributed by atoms with Gasteiger partial charge in [0.25, 0.3) is 0 Å². The van der Waals surface area contributed by atoms with E-state index in [-0.39, 0.29) is 0 Å². The SMILES string of the molecule is O=[N+]([O-])C(C1COC(OC2CC(C([N+](=O)[O-])([N+](=O)[O-])[N+](=O)[O-])CO2)C1)([N+](=O)[O-])[N+](=O)[O-]. The lowest BCUT2D eigenvalue weighted by Crippen LogP contribution is -2.59. The molecule has 0 spiro atoms. The summed E-state index contributed by atoms with van der Waals surface area (Å²) in [5.41, 5.74) is 0.